The second-order valence-electron chi connectivity index (χ2n) is 5.55. The number of rotatable bonds is 8. The Bertz CT molecular complexity index is 1020. The Hall–Kier alpha value is -2.75. The third-order valence-electron chi connectivity index (χ3n) is 3.43. The number of furan rings is 1. The van der Waals surface area contributed by atoms with Gasteiger partial charge in [-0.1, -0.05) is 23.4 Å². The molecule has 0 saturated carbocycles. The fourth-order valence-corrected chi connectivity index (χ4v) is 3.69. The zero-order valence-electron chi connectivity index (χ0n) is 14.8. The molecule has 1 N–H and O–H groups in total. The maximum Gasteiger partial charge on any atom is 0.269 e. The average Bonchev–Trinajstić information content (AvgIpc) is 3.15. The van der Waals surface area contributed by atoms with Gasteiger partial charge < -0.3 is 4.42 Å². The van der Waals surface area contributed by atoms with Crippen molar-refractivity contribution in [3.63, 3.8) is 0 Å². The van der Waals surface area contributed by atoms with Crippen LogP contribution in [0.25, 0.3) is 0 Å². The van der Waals surface area contributed by atoms with Crippen LogP contribution in [-0.2, 0) is 4.79 Å². The Balaban J connectivity index is 1.44. The van der Waals surface area contributed by atoms with Gasteiger partial charge in [0.05, 0.1) is 16.9 Å². The molecule has 3 aromatic rings. The molecule has 1 heterocycles. The minimum absolute atomic E-state index is 0.00967. The van der Waals surface area contributed by atoms with Gasteiger partial charge in [-0.2, -0.15) is 5.10 Å². The van der Waals surface area contributed by atoms with Gasteiger partial charge in [0, 0.05) is 26.9 Å². The largest absolute Gasteiger partial charge is 0.448 e. The number of nitro benzene ring substituents is 1. The number of hydrogen-bond acceptors (Lipinski definition) is 7. The first-order chi connectivity index (χ1) is 14.0. The third kappa shape index (κ3) is 6.67. The third-order valence-corrected chi connectivity index (χ3v) is 5.63. The number of hydrogen-bond donors (Lipinski definition) is 1. The maximum absolute atomic E-state index is 11.9. The van der Waals surface area contributed by atoms with E-state index in [2.05, 4.69) is 10.5 Å². The van der Waals surface area contributed by atoms with Gasteiger partial charge in [-0.25, -0.2) is 5.43 Å². The fraction of sp³-hybridized carbons (Fsp3) is 0.0526. The van der Waals surface area contributed by atoms with E-state index < -0.39 is 4.92 Å². The van der Waals surface area contributed by atoms with Gasteiger partial charge in [0.15, 0.2) is 5.09 Å². The smallest absolute Gasteiger partial charge is 0.269 e. The average molecular weight is 448 g/mol. The minimum Gasteiger partial charge on any atom is -0.448 e. The summed E-state index contributed by atoms with van der Waals surface area (Å²) < 4.78 is 5.63. The molecule has 10 heteroatoms. The summed E-state index contributed by atoms with van der Waals surface area (Å²) in [4.78, 5) is 23.8. The number of amides is 1. The van der Waals surface area contributed by atoms with Crippen LogP contribution in [0.2, 0.25) is 5.02 Å². The molecule has 3 rings (SSSR count). The molecule has 0 bridgehead atoms. The Morgan fingerprint density at radius 2 is 1.79 bits per heavy atom. The summed E-state index contributed by atoms with van der Waals surface area (Å²) >= 11 is 8.57. The first-order valence-electron chi connectivity index (χ1n) is 8.22. The maximum atomic E-state index is 11.9. The SMILES string of the molecule is O=C(CSc1ccc([N+](=O)[O-])cc1)N/N=C\c1ccc(Sc2ccc(Cl)cc2)o1. The molecule has 1 amide bonds. The van der Waals surface area contributed by atoms with Crippen molar-refractivity contribution in [3.8, 4) is 0 Å². The van der Waals surface area contributed by atoms with Crippen LogP contribution >= 0.6 is 35.1 Å². The highest BCUT2D eigenvalue weighted by Gasteiger charge is 2.07. The highest BCUT2D eigenvalue weighted by Crippen LogP contribution is 2.29. The molecule has 0 aliphatic carbocycles. The summed E-state index contributed by atoms with van der Waals surface area (Å²) in [5.74, 6) is 0.335. The van der Waals surface area contributed by atoms with Crippen molar-refractivity contribution in [2.24, 2.45) is 5.10 Å². The quantitative estimate of drug-likeness (QED) is 0.219. The summed E-state index contributed by atoms with van der Waals surface area (Å²) in [6.07, 6.45) is 1.42. The van der Waals surface area contributed by atoms with E-state index in [0.29, 0.717) is 15.9 Å². The van der Waals surface area contributed by atoms with E-state index in [1.54, 1.807) is 30.3 Å². The van der Waals surface area contributed by atoms with Crippen molar-refractivity contribution in [1.82, 2.24) is 5.43 Å². The number of carbonyl (C=O) groups excluding carboxylic acids is 1. The van der Waals surface area contributed by atoms with Gasteiger partial charge >= 0.3 is 0 Å². The topological polar surface area (TPSA) is 97.7 Å². The van der Waals surface area contributed by atoms with Crippen LogP contribution in [0.4, 0.5) is 5.69 Å². The molecular formula is C19H14ClN3O4S2. The Labute approximate surface area is 179 Å². The van der Waals surface area contributed by atoms with Gasteiger partial charge in [-0.3, -0.25) is 14.9 Å². The number of non-ortho nitro benzene ring substituents is 1. The predicted octanol–water partition coefficient (Wildman–Crippen LogP) is 5.23. The molecule has 0 spiro atoms. The molecule has 0 aliphatic heterocycles. The molecular weight excluding hydrogens is 434 g/mol. The van der Waals surface area contributed by atoms with Crippen LogP contribution in [0, 0.1) is 10.1 Å². The van der Waals surface area contributed by atoms with Gasteiger partial charge in [0.1, 0.15) is 5.76 Å². The van der Waals surface area contributed by atoms with Gasteiger partial charge in [-0.15, -0.1) is 11.8 Å². The van der Waals surface area contributed by atoms with Gasteiger partial charge in [0.25, 0.3) is 5.69 Å². The number of nitrogens with one attached hydrogen (secondary N) is 1. The van der Waals surface area contributed by atoms with Crippen molar-refractivity contribution in [3.05, 3.63) is 81.6 Å². The van der Waals surface area contributed by atoms with Crippen molar-refractivity contribution in [1.29, 1.82) is 0 Å². The highest BCUT2D eigenvalue weighted by molar-refractivity contribution is 8.00. The molecule has 1 aromatic heterocycles. The molecule has 148 valence electrons. The fourth-order valence-electron chi connectivity index (χ4n) is 2.09. The van der Waals surface area contributed by atoms with E-state index in [-0.39, 0.29) is 17.3 Å². The van der Waals surface area contributed by atoms with E-state index in [9.17, 15) is 14.9 Å². The number of halogens is 1. The predicted molar refractivity (Wildman–Crippen MR) is 114 cm³/mol. The van der Waals surface area contributed by atoms with Crippen molar-refractivity contribution in [2.45, 2.75) is 14.9 Å². The van der Waals surface area contributed by atoms with Crippen LogP contribution in [0.3, 0.4) is 0 Å². The van der Waals surface area contributed by atoms with Crippen LogP contribution < -0.4 is 5.43 Å². The molecule has 29 heavy (non-hydrogen) atoms. The molecule has 0 radical (unpaired) electrons. The van der Waals surface area contributed by atoms with Crippen molar-refractivity contribution < 1.29 is 14.1 Å². The lowest BCUT2D eigenvalue weighted by atomic mass is 10.3. The standard InChI is InChI=1S/C19H14ClN3O4S2/c20-13-1-6-17(7-2-13)29-19-10-5-15(27-19)11-21-22-18(24)12-28-16-8-3-14(4-9-16)23(25)26/h1-11H,12H2,(H,22,24)/b21-11-. The molecule has 0 atom stereocenters. The van der Waals surface area contributed by atoms with Crippen molar-refractivity contribution in [2.75, 3.05) is 5.75 Å². The number of nitrogens with zero attached hydrogens (tertiary/aromatic N) is 2. The number of hydrazone groups is 1. The molecule has 7 nitrogen and oxygen atoms in total. The van der Waals surface area contributed by atoms with E-state index in [0.717, 1.165) is 9.79 Å². The first-order valence-corrected chi connectivity index (χ1v) is 10.4. The lowest BCUT2D eigenvalue weighted by Crippen LogP contribution is -2.19. The van der Waals surface area contributed by atoms with Crippen LogP contribution in [0.15, 0.2) is 85.1 Å². The number of thioether (sulfide) groups is 1. The van der Waals surface area contributed by atoms with E-state index >= 15 is 0 Å². The minimum atomic E-state index is -0.468. The summed E-state index contributed by atoms with van der Waals surface area (Å²) in [6, 6.07) is 17.0. The van der Waals surface area contributed by atoms with Crippen LogP contribution in [-0.4, -0.2) is 22.8 Å². The first kappa shape index (κ1) is 21.0. The summed E-state index contributed by atoms with van der Waals surface area (Å²) in [7, 11) is 0. The highest BCUT2D eigenvalue weighted by atomic mass is 35.5. The summed E-state index contributed by atoms with van der Waals surface area (Å²) in [6.45, 7) is 0. The van der Waals surface area contributed by atoms with Crippen LogP contribution in [0.1, 0.15) is 5.76 Å². The zero-order valence-corrected chi connectivity index (χ0v) is 17.2. The van der Waals surface area contributed by atoms with E-state index in [4.69, 9.17) is 16.0 Å². The Morgan fingerprint density at radius 1 is 1.10 bits per heavy atom. The summed E-state index contributed by atoms with van der Waals surface area (Å²) in [5.41, 5.74) is 2.43. The van der Waals surface area contributed by atoms with Gasteiger partial charge in [-0.05, 0) is 48.5 Å². The lowest BCUT2D eigenvalue weighted by molar-refractivity contribution is -0.384. The van der Waals surface area contributed by atoms with Gasteiger partial charge in [0.2, 0.25) is 5.91 Å². The normalized spacial score (nSPS) is 10.9. The summed E-state index contributed by atoms with van der Waals surface area (Å²) in [5, 5.41) is 15.9. The van der Waals surface area contributed by atoms with Crippen LogP contribution in [0.5, 0.6) is 0 Å². The Kier molecular flexibility index (Phi) is 7.34. The van der Waals surface area contributed by atoms with E-state index in [1.165, 1.54) is 41.9 Å². The monoisotopic (exact) mass is 447 g/mol. The zero-order chi connectivity index (χ0) is 20.6. The molecule has 0 aliphatic rings. The van der Waals surface area contributed by atoms with Crippen molar-refractivity contribution >= 4 is 52.9 Å². The Morgan fingerprint density at radius 3 is 2.48 bits per heavy atom. The van der Waals surface area contributed by atoms with E-state index in [1.807, 2.05) is 18.2 Å². The number of nitro groups is 1. The molecule has 0 saturated heterocycles. The second-order valence-corrected chi connectivity index (χ2v) is 8.11. The molecule has 2 aromatic carbocycles. The molecule has 0 fully saturated rings. The lowest BCUT2D eigenvalue weighted by Gasteiger charge is -2.00. The number of benzene rings is 2. The number of carbonyl (C=O) groups is 1. The molecule has 0 unspecified atom stereocenters. The second kappa shape index (κ2) is 10.1.